The van der Waals surface area contributed by atoms with E-state index in [-0.39, 0.29) is 17.9 Å². The van der Waals surface area contributed by atoms with Crippen molar-refractivity contribution in [3.8, 4) is 0 Å². The van der Waals surface area contributed by atoms with Gasteiger partial charge in [-0.15, -0.1) is 0 Å². The van der Waals surface area contributed by atoms with Gasteiger partial charge in [-0.2, -0.15) is 0 Å². The summed E-state index contributed by atoms with van der Waals surface area (Å²) in [5.74, 6) is -0.292. The van der Waals surface area contributed by atoms with Gasteiger partial charge in [0.15, 0.2) is 0 Å². The fraction of sp³-hybridized carbons (Fsp3) is 0.500. The molecular formula is C14H22N2O2. The van der Waals surface area contributed by atoms with Gasteiger partial charge in [-0.05, 0) is 12.5 Å². The second-order valence-electron chi connectivity index (χ2n) is 4.21. The molecule has 1 aromatic rings. The molecule has 4 nitrogen and oxygen atoms in total. The Balaban J connectivity index is 2.43. The van der Waals surface area contributed by atoms with Crippen molar-refractivity contribution < 1.29 is 9.53 Å². The number of nitrogens with one attached hydrogen (secondary N) is 1. The average Bonchev–Trinajstić information content (AvgIpc) is 2.42. The second kappa shape index (κ2) is 7.84. The van der Waals surface area contributed by atoms with Gasteiger partial charge >= 0.3 is 0 Å². The Labute approximate surface area is 109 Å². The molecule has 0 saturated carbocycles. The van der Waals surface area contributed by atoms with E-state index in [1.807, 2.05) is 44.2 Å². The first-order chi connectivity index (χ1) is 8.66. The van der Waals surface area contributed by atoms with Gasteiger partial charge in [0.1, 0.15) is 0 Å². The molecule has 1 amide bonds. The molecule has 1 rings (SSSR count). The summed E-state index contributed by atoms with van der Waals surface area (Å²) in [5, 5.41) is 2.82. The number of rotatable bonds is 7. The van der Waals surface area contributed by atoms with E-state index in [0.29, 0.717) is 19.8 Å². The fourth-order valence-corrected chi connectivity index (χ4v) is 1.68. The summed E-state index contributed by atoms with van der Waals surface area (Å²) in [7, 11) is 0. The van der Waals surface area contributed by atoms with Crippen molar-refractivity contribution in [1.29, 1.82) is 0 Å². The number of hydrogen-bond donors (Lipinski definition) is 2. The lowest BCUT2D eigenvalue weighted by molar-refractivity contribution is -0.125. The van der Waals surface area contributed by atoms with E-state index in [1.54, 1.807) is 0 Å². The van der Waals surface area contributed by atoms with Crippen LogP contribution in [0.15, 0.2) is 30.3 Å². The predicted octanol–water partition coefficient (Wildman–Crippen LogP) is 1.48. The maximum Gasteiger partial charge on any atom is 0.224 e. The standard InChI is InChI=1S/C14H22N2O2/c1-3-18-10-9-16-14(17)11(2)13(15)12-7-5-4-6-8-12/h4-8,11,13H,3,9-10,15H2,1-2H3,(H,16,17). The molecule has 18 heavy (non-hydrogen) atoms. The third-order valence-electron chi connectivity index (χ3n) is 2.89. The van der Waals surface area contributed by atoms with E-state index in [9.17, 15) is 4.79 Å². The number of carbonyl (C=O) groups is 1. The highest BCUT2D eigenvalue weighted by atomic mass is 16.5. The van der Waals surface area contributed by atoms with Crippen LogP contribution in [0.1, 0.15) is 25.5 Å². The summed E-state index contributed by atoms with van der Waals surface area (Å²) >= 11 is 0. The number of benzene rings is 1. The molecule has 0 radical (unpaired) electrons. The van der Waals surface area contributed by atoms with Crippen molar-refractivity contribution in [1.82, 2.24) is 5.32 Å². The molecule has 100 valence electrons. The zero-order valence-corrected chi connectivity index (χ0v) is 11.1. The first-order valence-electron chi connectivity index (χ1n) is 6.32. The van der Waals surface area contributed by atoms with Crippen molar-refractivity contribution in [3.63, 3.8) is 0 Å². The van der Waals surface area contributed by atoms with Crippen LogP contribution in [0, 0.1) is 5.92 Å². The Kier molecular flexibility index (Phi) is 6.39. The number of carbonyl (C=O) groups excluding carboxylic acids is 1. The Hall–Kier alpha value is -1.39. The van der Waals surface area contributed by atoms with Crippen LogP contribution in [0.5, 0.6) is 0 Å². The maximum atomic E-state index is 11.9. The molecule has 0 aromatic heterocycles. The molecule has 0 aliphatic heterocycles. The second-order valence-corrected chi connectivity index (χ2v) is 4.21. The monoisotopic (exact) mass is 250 g/mol. The summed E-state index contributed by atoms with van der Waals surface area (Å²) in [6.45, 7) is 5.49. The van der Waals surface area contributed by atoms with Crippen LogP contribution in [-0.4, -0.2) is 25.7 Å². The van der Waals surface area contributed by atoms with Crippen LogP contribution in [0.2, 0.25) is 0 Å². The van der Waals surface area contributed by atoms with Gasteiger partial charge < -0.3 is 15.8 Å². The lowest BCUT2D eigenvalue weighted by Gasteiger charge is -2.19. The molecule has 0 bridgehead atoms. The lowest BCUT2D eigenvalue weighted by atomic mass is 9.95. The minimum atomic E-state index is -0.279. The third-order valence-corrected chi connectivity index (χ3v) is 2.89. The van der Waals surface area contributed by atoms with Crippen molar-refractivity contribution >= 4 is 5.91 Å². The zero-order chi connectivity index (χ0) is 13.4. The van der Waals surface area contributed by atoms with Crippen LogP contribution >= 0.6 is 0 Å². The van der Waals surface area contributed by atoms with E-state index in [1.165, 1.54) is 0 Å². The Morgan fingerprint density at radius 1 is 1.39 bits per heavy atom. The van der Waals surface area contributed by atoms with E-state index in [4.69, 9.17) is 10.5 Å². The Bertz CT molecular complexity index is 354. The summed E-state index contributed by atoms with van der Waals surface area (Å²) < 4.78 is 5.16. The van der Waals surface area contributed by atoms with Crippen molar-refractivity contribution in [2.45, 2.75) is 19.9 Å². The summed E-state index contributed by atoms with van der Waals surface area (Å²) in [4.78, 5) is 11.9. The van der Waals surface area contributed by atoms with Gasteiger partial charge in [0.05, 0.1) is 12.5 Å². The van der Waals surface area contributed by atoms with E-state index >= 15 is 0 Å². The first-order valence-corrected chi connectivity index (χ1v) is 6.32. The minimum Gasteiger partial charge on any atom is -0.380 e. The van der Waals surface area contributed by atoms with Crippen molar-refractivity contribution in [3.05, 3.63) is 35.9 Å². The summed E-state index contributed by atoms with van der Waals surface area (Å²) in [6, 6.07) is 9.38. The van der Waals surface area contributed by atoms with Crippen LogP contribution in [0.4, 0.5) is 0 Å². The smallest absolute Gasteiger partial charge is 0.224 e. The van der Waals surface area contributed by atoms with E-state index in [2.05, 4.69) is 5.32 Å². The van der Waals surface area contributed by atoms with E-state index < -0.39 is 0 Å². The van der Waals surface area contributed by atoms with Crippen molar-refractivity contribution in [2.75, 3.05) is 19.8 Å². The Morgan fingerprint density at radius 2 is 2.06 bits per heavy atom. The maximum absolute atomic E-state index is 11.9. The molecular weight excluding hydrogens is 228 g/mol. The molecule has 2 atom stereocenters. The highest BCUT2D eigenvalue weighted by Gasteiger charge is 2.21. The molecule has 0 fully saturated rings. The SMILES string of the molecule is CCOCCNC(=O)C(C)C(N)c1ccccc1. The van der Waals surface area contributed by atoms with Crippen LogP contribution < -0.4 is 11.1 Å². The van der Waals surface area contributed by atoms with Crippen LogP contribution in [0.25, 0.3) is 0 Å². The van der Waals surface area contributed by atoms with Gasteiger partial charge in [0.25, 0.3) is 0 Å². The highest BCUT2D eigenvalue weighted by Crippen LogP contribution is 2.18. The topological polar surface area (TPSA) is 64.3 Å². The molecule has 0 saturated heterocycles. The molecule has 0 heterocycles. The fourth-order valence-electron chi connectivity index (χ4n) is 1.68. The van der Waals surface area contributed by atoms with Gasteiger partial charge in [0, 0.05) is 19.2 Å². The molecule has 0 aliphatic rings. The molecule has 3 N–H and O–H groups in total. The van der Waals surface area contributed by atoms with Gasteiger partial charge in [0.2, 0.25) is 5.91 Å². The number of hydrogen-bond acceptors (Lipinski definition) is 3. The molecule has 1 aromatic carbocycles. The normalized spacial score (nSPS) is 13.9. The van der Waals surface area contributed by atoms with Crippen LogP contribution in [0.3, 0.4) is 0 Å². The first kappa shape index (κ1) is 14.7. The number of nitrogens with two attached hydrogens (primary N) is 1. The quantitative estimate of drug-likeness (QED) is 0.720. The van der Waals surface area contributed by atoms with Gasteiger partial charge in [-0.1, -0.05) is 37.3 Å². The number of ether oxygens (including phenoxy) is 1. The average molecular weight is 250 g/mol. The summed E-state index contributed by atoms with van der Waals surface area (Å²) in [5.41, 5.74) is 7.05. The molecule has 0 spiro atoms. The van der Waals surface area contributed by atoms with Gasteiger partial charge in [-0.25, -0.2) is 0 Å². The predicted molar refractivity (Wildman–Crippen MR) is 72.0 cm³/mol. The largest absolute Gasteiger partial charge is 0.380 e. The highest BCUT2D eigenvalue weighted by molar-refractivity contribution is 5.79. The molecule has 4 heteroatoms. The molecule has 0 aliphatic carbocycles. The molecule has 2 unspecified atom stereocenters. The summed E-state index contributed by atoms with van der Waals surface area (Å²) in [6.07, 6.45) is 0. The van der Waals surface area contributed by atoms with Gasteiger partial charge in [-0.3, -0.25) is 4.79 Å². The lowest BCUT2D eigenvalue weighted by Crippen LogP contribution is -2.37. The van der Waals surface area contributed by atoms with Crippen molar-refractivity contribution in [2.24, 2.45) is 11.7 Å². The Morgan fingerprint density at radius 3 is 2.67 bits per heavy atom. The number of amides is 1. The minimum absolute atomic E-state index is 0.0361. The van der Waals surface area contributed by atoms with E-state index in [0.717, 1.165) is 5.56 Å². The van der Waals surface area contributed by atoms with Crippen LogP contribution in [-0.2, 0) is 9.53 Å². The third kappa shape index (κ3) is 4.47. The zero-order valence-electron chi connectivity index (χ0n) is 11.1.